The molecule has 1 aromatic carbocycles. The second-order valence-electron chi connectivity index (χ2n) is 15.7. The standard InChI is InChI=1S/C40H49N7O3S/c1-23(2)50-39(49)44-38-42-21-25(4)34-30-20-32(40(5,6)37(48)47-28-10-11-29(47)13-12-28)51-36(30)43-35(34)27-18-24(3)17-26(19-27)31-22-45(15-16-46(31)38)33-9-7-8-14-41-33/h7-9,14,17-20,23,25,28-29,31,43H,10-13,15-16,21-22H2,1-6H3,(H,42,44,49)/t25-,28?,29?,31?/m1/s1. The summed E-state index contributed by atoms with van der Waals surface area (Å²) < 4.78 is 5.56. The third kappa shape index (κ3) is 6.07. The molecule has 4 bridgehead atoms. The SMILES string of the molecule is Cc1cc2cc(c1)C1CN(c3ccccn3)CCN1C(NC(=O)OC(C)C)=NC[C@@H](C)c1c-2[nH]c2sc(C(C)(C)C(=O)N3C4CCC3CC4)cc12. The van der Waals surface area contributed by atoms with Gasteiger partial charge in [-0.3, -0.25) is 15.1 Å². The van der Waals surface area contributed by atoms with Gasteiger partial charge in [0.15, 0.2) is 0 Å². The fraction of sp³-hybridized carbons (Fsp3) is 0.500. The molecular weight excluding hydrogens is 659 g/mol. The zero-order valence-electron chi connectivity index (χ0n) is 30.5. The molecule has 0 radical (unpaired) electrons. The number of nitrogens with zero attached hydrogens (tertiary/aromatic N) is 5. The number of benzene rings is 1. The number of piperazine rings is 1. The number of guanidine groups is 1. The molecule has 10 nitrogen and oxygen atoms in total. The topological polar surface area (TPSA) is 106 Å². The van der Waals surface area contributed by atoms with E-state index in [1.165, 1.54) is 5.56 Å². The van der Waals surface area contributed by atoms with Gasteiger partial charge in [0.25, 0.3) is 0 Å². The summed E-state index contributed by atoms with van der Waals surface area (Å²) in [7, 11) is 0. The van der Waals surface area contributed by atoms with E-state index in [2.05, 4.69) is 81.9 Å². The molecule has 1 unspecified atom stereocenters. The summed E-state index contributed by atoms with van der Waals surface area (Å²) in [5.74, 6) is 1.72. The highest BCUT2D eigenvalue weighted by Crippen LogP contribution is 2.46. The fourth-order valence-corrected chi connectivity index (χ4v) is 9.96. The first kappa shape index (κ1) is 33.7. The molecule has 11 heteroatoms. The Balaban J connectivity index is 1.22. The first-order valence-electron chi connectivity index (χ1n) is 18.5. The number of carbonyl (C=O) groups excluding carboxylic acids is 2. The Morgan fingerprint density at radius 3 is 2.53 bits per heavy atom. The molecule has 2 atom stereocenters. The van der Waals surface area contributed by atoms with E-state index in [0.29, 0.717) is 37.7 Å². The van der Waals surface area contributed by atoms with Crippen molar-refractivity contribution < 1.29 is 14.3 Å². The van der Waals surface area contributed by atoms with Crippen LogP contribution in [-0.2, 0) is 14.9 Å². The van der Waals surface area contributed by atoms with Crippen LogP contribution >= 0.6 is 11.3 Å². The third-order valence-electron chi connectivity index (χ3n) is 11.3. The van der Waals surface area contributed by atoms with Crippen LogP contribution in [0.3, 0.4) is 0 Å². The van der Waals surface area contributed by atoms with Crippen LogP contribution in [0.1, 0.15) is 93.8 Å². The molecule has 2 N–H and O–H groups in total. The van der Waals surface area contributed by atoms with Crippen LogP contribution in [0.5, 0.6) is 0 Å². The van der Waals surface area contributed by atoms with Crippen LogP contribution in [0.2, 0.25) is 0 Å². The average Bonchev–Trinajstić information content (AvgIpc) is 3.89. The van der Waals surface area contributed by atoms with E-state index in [9.17, 15) is 9.59 Å². The predicted octanol–water partition coefficient (Wildman–Crippen LogP) is 7.50. The molecule has 3 fully saturated rings. The van der Waals surface area contributed by atoms with Crippen LogP contribution in [0.4, 0.5) is 10.6 Å². The normalized spacial score (nSPS) is 23.2. The first-order chi connectivity index (χ1) is 24.5. The molecule has 0 spiro atoms. The third-order valence-corrected chi connectivity index (χ3v) is 12.7. The van der Waals surface area contributed by atoms with Crippen molar-refractivity contribution in [2.45, 2.75) is 103 Å². The number of fused-ring (bicyclic) bond motifs is 10. The van der Waals surface area contributed by atoms with E-state index in [-0.39, 0.29) is 24.0 Å². The maximum atomic E-state index is 14.1. The maximum absolute atomic E-state index is 14.1. The highest BCUT2D eigenvalue weighted by atomic mass is 32.1. The largest absolute Gasteiger partial charge is 0.447 e. The van der Waals surface area contributed by atoms with Gasteiger partial charge in [-0.05, 0) is 107 Å². The maximum Gasteiger partial charge on any atom is 0.414 e. The van der Waals surface area contributed by atoms with Crippen LogP contribution in [-0.4, -0.2) is 82.1 Å². The number of alkyl carbamates (subject to hydrolysis) is 1. The number of H-pyrrole nitrogens is 1. The van der Waals surface area contributed by atoms with Gasteiger partial charge in [0.1, 0.15) is 10.6 Å². The second-order valence-corrected chi connectivity index (χ2v) is 16.7. The number of aryl methyl sites for hydroxylation is 1. The smallest absolute Gasteiger partial charge is 0.414 e. The summed E-state index contributed by atoms with van der Waals surface area (Å²) in [6, 6.07) is 15.8. The molecule has 3 saturated heterocycles. The molecule has 4 aromatic rings. The quantitative estimate of drug-likeness (QED) is 0.228. The number of pyridine rings is 1. The minimum absolute atomic E-state index is 0.0117. The number of aromatic nitrogens is 2. The van der Waals surface area contributed by atoms with Gasteiger partial charge < -0.3 is 24.4 Å². The lowest BCUT2D eigenvalue weighted by Gasteiger charge is -2.43. The van der Waals surface area contributed by atoms with Crippen molar-refractivity contribution in [3.8, 4) is 11.3 Å². The minimum Gasteiger partial charge on any atom is -0.447 e. The van der Waals surface area contributed by atoms with E-state index in [1.54, 1.807) is 11.3 Å². The number of nitrogens with one attached hydrogen (secondary N) is 2. The highest BCUT2D eigenvalue weighted by molar-refractivity contribution is 7.19. The molecule has 268 valence electrons. The van der Waals surface area contributed by atoms with Crippen molar-refractivity contribution in [3.63, 3.8) is 0 Å². The Bertz CT molecular complexity index is 1980. The number of aromatic amines is 1. The van der Waals surface area contributed by atoms with Crippen molar-refractivity contribution in [1.29, 1.82) is 0 Å². The van der Waals surface area contributed by atoms with Crippen molar-refractivity contribution >= 4 is 45.3 Å². The summed E-state index contributed by atoms with van der Waals surface area (Å²) >= 11 is 1.70. The Morgan fingerprint density at radius 1 is 1.06 bits per heavy atom. The van der Waals surface area contributed by atoms with E-state index in [0.717, 1.165) is 75.5 Å². The summed E-state index contributed by atoms with van der Waals surface area (Å²) in [6.45, 7) is 14.8. The van der Waals surface area contributed by atoms with E-state index in [1.807, 2.05) is 38.2 Å². The number of amides is 2. The zero-order chi connectivity index (χ0) is 35.6. The number of hydrogen-bond acceptors (Lipinski definition) is 8. The average molecular weight is 708 g/mol. The number of hydrogen-bond donors (Lipinski definition) is 2. The molecule has 0 saturated carbocycles. The first-order valence-corrected chi connectivity index (χ1v) is 19.3. The van der Waals surface area contributed by atoms with Crippen molar-refractivity contribution in [3.05, 3.63) is 70.2 Å². The summed E-state index contributed by atoms with van der Waals surface area (Å²) in [4.78, 5) is 49.9. The lowest BCUT2D eigenvalue weighted by atomic mass is 9.88. The Labute approximate surface area is 304 Å². The molecule has 7 heterocycles. The van der Waals surface area contributed by atoms with Crippen LogP contribution < -0.4 is 10.2 Å². The van der Waals surface area contributed by atoms with Crippen molar-refractivity contribution in [2.75, 3.05) is 31.1 Å². The van der Waals surface area contributed by atoms with Gasteiger partial charge in [-0.2, -0.15) is 0 Å². The van der Waals surface area contributed by atoms with Gasteiger partial charge in [0.05, 0.1) is 23.3 Å². The Hall–Kier alpha value is -4.38. The van der Waals surface area contributed by atoms with Gasteiger partial charge in [0.2, 0.25) is 11.9 Å². The lowest BCUT2D eigenvalue weighted by molar-refractivity contribution is -0.137. The lowest BCUT2D eigenvalue weighted by Crippen LogP contribution is -2.55. The van der Waals surface area contributed by atoms with Crippen LogP contribution in [0, 0.1) is 6.92 Å². The highest BCUT2D eigenvalue weighted by Gasteiger charge is 2.47. The number of rotatable bonds is 4. The molecule has 4 aliphatic rings. The second kappa shape index (κ2) is 13.0. The van der Waals surface area contributed by atoms with E-state index >= 15 is 0 Å². The summed E-state index contributed by atoms with van der Waals surface area (Å²) in [6.07, 6.45) is 5.59. The number of thiophene rings is 1. The molecule has 2 amide bonds. The predicted molar refractivity (Wildman–Crippen MR) is 204 cm³/mol. The fourth-order valence-electron chi connectivity index (χ4n) is 8.79. The summed E-state index contributed by atoms with van der Waals surface area (Å²) in [5.41, 5.74) is 5.10. The molecular formula is C40H49N7O3S. The van der Waals surface area contributed by atoms with Gasteiger partial charge in [-0.15, -0.1) is 11.3 Å². The Kier molecular flexibility index (Phi) is 8.60. The number of aliphatic imine (C=N–C) groups is 1. The zero-order valence-corrected chi connectivity index (χ0v) is 31.3. The molecule has 0 aliphatic carbocycles. The van der Waals surface area contributed by atoms with Crippen LogP contribution in [0.25, 0.3) is 21.5 Å². The van der Waals surface area contributed by atoms with Gasteiger partial charge in [0, 0.05) is 60.6 Å². The van der Waals surface area contributed by atoms with Gasteiger partial charge >= 0.3 is 6.09 Å². The molecule has 8 rings (SSSR count). The van der Waals surface area contributed by atoms with Crippen LogP contribution in [0.15, 0.2) is 53.7 Å². The number of ether oxygens (including phenoxy) is 1. The molecule has 3 aromatic heterocycles. The minimum atomic E-state index is -0.621. The number of carbonyl (C=O) groups is 2. The monoisotopic (exact) mass is 707 g/mol. The van der Waals surface area contributed by atoms with E-state index < -0.39 is 11.5 Å². The number of anilines is 1. The van der Waals surface area contributed by atoms with E-state index in [4.69, 9.17) is 9.73 Å². The van der Waals surface area contributed by atoms with Gasteiger partial charge in [-0.1, -0.05) is 24.6 Å². The van der Waals surface area contributed by atoms with Crippen molar-refractivity contribution in [1.82, 2.24) is 25.1 Å². The molecule has 51 heavy (non-hydrogen) atoms. The summed E-state index contributed by atoms with van der Waals surface area (Å²) in [5, 5.41) is 4.19. The van der Waals surface area contributed by atoms with Crippen molar-refractivity contribution in [2.24, 2.45) is 4.99 Å². The van der Waals surface area contributed by atoms with Gasteiger partial charge in [-0.25, -0.2) is 9.78 Å². The Morgan fingerprint density at radius 2 is 1.82 bits per heavy atom. The molecule has 4 aliphatic heterocycles.